The highest BCUT2D eigenvalue weighted by atomic mass is 16.5. The SMILES string of the molecule is COCCCNc1ccc(N2CCC(C)CC2)cc1. The maximum atomic E-state index is 5.04. The number of piperidine rings is 1. The van der Waals surface area contributed by atoms with Crippen molar-refractivity contribution in [2.75, 3.05) is 43.6 Å². The lowest BCUT2D eigenvalue weighted by Gasteiger charge is -2.32. The first-order valence-corrected chi connectivity index (χ1v) is 7.37. The van der Waals surface area contributed by atoms with Crippen LogP contribution in [0.2, 0.25) is 0 Å². The van der Waals surface area contributed by atoms with Gasteiger partial charge in [-0.3, -0.25) is 0 Å². The average Bonchev–Trinajstić information content (AvgIpc) is 2.45. The standard InChI is InChI=1S/C16H26N2O/c1-14-8-11-18(12-9-14)16-6-4-15(5-7-16)17-10-3-13-19-2/h4-7,14,17H,3,8-13H2,1-2H3. The van der Waals surface area contributed by atoms with E-state index in [0.29, 0.717) is 0 Å². The van der Waals surface area contributed by atoms with Crippen molar-refractivity contribution in [3.63, 3.8) is 0 Å². The maximum Gasteiger partial charge on any atom is 0.0479 e. The van der Waals surface area contributed by atoms with Crippen LogP contribution in [-0.2, 0) is 4.74 Å². The van der Waals surface area contributed by atoms with E-state index >= 15 is 0 Å². The molecule has 1 aromatic rings. The van der Waals surface area contributed by atoms with E-state index < -0.39 is 0 Å². The van der Waals surface area contributed by atoms with E-state index in [1.807, 2.05) is 0 Å². The van der Waals surface area contributed by atoms with Crippen LogP contribution in [0.1, 0.15) is 26.2 Å². The number of nitrogens with zero attached hydrogens (tertiary/aromatic N) is 1. The summed E-state index contributed by atoms with van der Waals surface area (Å²) in [5.41, 5.74) is 2.56. The van der Waals surface area contributed by atoms with Crippen molar-refractivity contribution < 1.29 is 4.74 Å². The number of nitrogens with one attached hydrogen (secondary N) is 1. The second-order valence-electron chi connectivity index (χ2n) is 5.49. The van der Waals surface area contributed by atoms with Gasteiger partial charge in [-0.25, -0.2) is 0 Å². The molecule has 0 radical (unpaired) electrons. The highest BCUT2D eigenvalue weighted by molar-refractivity contribution is 5.55. The molecule has 2 rings (SSSR count). The Kier molecular flexibility index (Phi) is 5.52. The molecule has 0 spiro atoms. The Bertz CT molecular complexity index is 356. The van der Waals surface area contributed by atoms with Gasteiger partial charge in [0.25, 0.3) is 0 Å². The molecule has 0 unspecified atom stereocenters. The lowest BCUT2D eigenvalue weighted by Crippen LogP contribution is -2.32. The third-order valence-electron chi connectivity index (χ3n) is 3.87. The van der Waals surface area contributed by atoms with Gasteiger partial charge in [0.2, 0.25) is 0 Å². The van der Waals surface area contributed by atoms with Crippen molar-refractivity contribution in [3.8, 4) is 0 Å². The summed E-state index contributed by atoms with van der Waals surface area (Å²) < 4.78 is 5.04. The minimum absolute atomic E-state index is 0.817. The normalized spacial score (nSPS) is 16.6. The van der Waals surface area contributed by atoms with Gasteiger partial charge in [-0.15, -0.1) is 0 Å². The molecule has 1 fully saturated rings. The first-order valence-electron chi connectivity index (χ1n) is 7.37. The lowest BCUT2D eigenvalue weighted by molar-refractivity contribution is 0.198. The van der Waals surface area contributed by atoms with Crippen molar-refractivity contribution in [2.45, 2.75) is 26.2 Å². The highest BCUT2D eigenvalue weighted by Crippen LogP contribution is 2.24. The molecule has 1 heterocycles. The first kappa shape index (κ1) is 14.2. The summed E-state index contributed by atoms with van der Waals surface area (Å²) in [5.74, 6) is 0.887. The quantitative estimate of drug-likeness (QED) is 0.796. The summed E-state index contributed by atoms with van der Waals surface area (Å²) in [6.07, 6.45) is 3.68. The third-order valence-corrected chi connectivity index (χ3v) is 3.87. The summed E-state index contributed by atoms with van der Waals surface area (Å²) in [6.45, 7) is 6.53. The van der Waals surface area contributed by atoms with Gasteiger partial charge in [-0.05, 0) is 49.4 Å². The summed E-state index contributed by atoms with van der Waals surface area (Å²) >= 11 is 0. The second kappa shape index (κ2) is 7.39. The van der Waals surface area contributed by atoms with Gasteiger partial charge in [0, 0.05) is 44.7 Å². The number of hydrogen-bond donors (Lipinski definition) is 1. The van der Waals surface area contributed by atoms with Crippen LogP contribution < -0.4 is 10.2 Å². The molecule has 19 heavy (non-hydrogen) atoms. The molecule has 0 aliphatic carbocycles. The Hall–Kier alpha value is -1.22. The molecule has 0 amide bonds. The van der Waals surface area contributed by atoms with Gasteiger partial charge >= 0.3 is 0 Å². The van der Waals surface area contributed by atoms with Gasteiger partial charge in [-0.1, -0.05) is 6.92 Å². The fraction of sp³-hybridized carbons (Fsp3) is 0.625. The van der Waals surface area contributed by atoms with Crippen LogP contribution >= 0.6 is 0 Å². The smallest absolute Gasteiger partial charge is 0.0479 e. The molecular formula is C16H26N2O. The van der Waals surface area contributed by atoms with Gasteiger partial charge in [0.1, 0.15) is 0 Å². The van der Waals surface area contributed by atoms with Crippen LogP contribution in [0.15, 0.2) is 24.3 Å². The van der Waals surface area contributed by atoms with Gasteiger partial charge in [0.05, 0.1) is 0 Å². The molecule has 3 heteroatoms. The number of benzene rings is 1. The second-order valence-corrected chi connectivity index (χ2v) is 5.49. The van der Waals surface area contributed by atoms with Crippen molar-refractivity contribution in [1.82, 2.24) is 0 Å². The number of anilines is 2. The number of ether oxygens (including phenoxy) is 1. The molecule has 0 bridgehead atoms. The monoisotopic (exact) mass is 262 g/mol. The van der Waals surface area contributed by atoms with E-state index in [4.69, 9.17) is 4.74 Å². The van der Waals surface area contributed by atoms with Crippen molar-refractivity contribution in [3.05, 3.63) is 24.3 Å². The summed E-state index contributed by atoms with van der Waals surface area (Å²) in [6, 6.07) is 8.82. The van der Waals surface area contributed by atoms with Crippen LogP contribution in [-0.4, -0.2) is 33.4 Å². The molecule has 1 N–H and O–H groups in total. The average molecular weight is 262 g/mol. The summed E-state index contributed by atoms with van der Waals surface area (Å²) in [7, 11) is 1.74. The minimum atomic E-state index is 0.817. The Labute approximate surface area is 116 Å². The summed E-state index contributed by atoms with van der Waals surface area (Å²) in [4.78, 5) is 2.49. The Morgan fingerprint density at radius 3 is 2.53 bits per heavy atom. The molecule has 1 aliphatic heterocycles. The fourth-order valence-electron chi connectivity index (χ4n) is 2.51. The van der Waals surface area contributed by atoms with Gasteiger partial charge < -0.3 is 15.0 Å². The summed E-state index contributed by atoms with van der Waals surface area (Å²) in [5, 5.41) is 3.42. The Morgan fingerprint density at radius 2 is 1.89 bits per heavy atom. The van der Waals surface area contributed by atoms with E-state index in [9.17, 15) is 0 Å². The lowest BCUT2D eigenvalue weighted by atomic mass is 9.99. The van der Waals surface area contributed by atoms with Crippen molar-refractivity contribution in [2.24, 2.45) is 5.92 Å². The zero-order valence-electron chi connectivity index (χ0n) is 12.2. The Morgan fingerprint density at radius 1 is 1.21 bits per heavy atom. The van der Waals surface area contributed by atoms with Crippen LogP contribution in [0.4, 0.5) is 11.4 Å². The molecule has 0 aromatic heterocycles. The van der Waals surface area contributed by atoms with Crippen LogP contribution in [0.25, 0.3) is 0 Å². The molecule has 106 valence electrons. The van der Waals surface area contributed by atoms with Crippen LogP contribution in [0.5, 0.6) is 0 Å². The largest absolute Gasteiger partial charge is 0.385 e. The highest BCUT2D eigenvalue weighted by Gasteiger charge is 2.15. The molecule has 0 atom stereocenters. The fourth-order valence-corrected chi connectivity index (χ4v) is 2.51. The molecule has 3 nitrogen and oxygen atoms in total. The van der Waals surface area contributed by atoms with Gasteiger partial charge in [0.15, 0.2) is 0 Å². The topological polar surface area (TPSA) is 24.5 Å². The predicted octanol–water partition coefficient (Wildman–Crippen LogP) is 3.37. The maximum absolute atomic E-state index is 5.04. The number of rotatable bonds is 6. The number of hydrogen-bond acceptors (Lipinski definition) is 3. The molecule has 1 saturated heterocycles. The zero-order chi connectivity index (χ0) is 13.5. The zero-order valence-corrected chi connectivity index (χ0v) is 12.2. The van der Waals surface area contributed by atoms with Crippen molar-refractivity contribution in [1.29, 1.82) is 0 Å². The molecule has 0 saturated carbocycles. The van der Waals surface area contributed by atoms with Crippen LogP contribution in [0.3, 0.4) is 0 Å². The van der Waals surface area contributed by atoms with E-state index in [1.165, 1.54) is 37.3 Å². The van der Waals surface area contributed by atoms with E-state index in [0.717, 1.165) is 25.5 Å². The van der Waals surface area contributed by atoms with Gasteiger partial charge in [-0.2, -0.15) is 0 Å². The molecular weight excluding hydrogens is 236 g/mol. The molecule has 1 aliphatic rings. The number of methoxy groups -OCH3 is 1. The van der Waals surface area contributed by atoms with Crippen molar-refractivity contribution >= 4 is 11.4 Å². The van der Waals surface area contributed by atoms with E-state index in [2.05, 4.69) is 41.4 Å². The minimum Gasteiger partial charge on any atom is -0.385 e. The van der Waals surface area contributed by atoms with E-state index in [-0.39, 0.29) is 0 Å². The Balaban J connectivity index is 1.81. The van der Waals surface area contributed by atoms with E-state index in [1.54, 1.807) is 7.11 Å². The van der Waals surface area contributed by atoms with Crippen LogP contribution in [0, 0.1) is 5.92 Å². The third kappa shape index (κ3) is 4.43. The molecule has 1 aromatic carbocycles. The predicted molar refractivity (Wildman–Crippen MR) is 82.0 cm³/mol. The first-order chi connectivity index (χ1) is 9.29.